The van der Waals surface area contributed by atoms with E-state index in [9.17, 15) is 5.26 Å². The molecule has 4 heteroatoms. The Balaban J connectivity index is 1.10. The van der Waals surface area contributed by atoms with E-state index in [0.717, 1.165) is 61.7 Å². The van der Waals surface area contributed by atoms with Gasteiger partial charge in [-0.05, 0) is 129 Å². The van der Waals surface area contributed by atoms with Gasteiger partial charge in [0.15, 0.2) is 17.5 Å². The molecule has 1 heterocycles. The highest BCUT2D eigenvalue weighted by molar-refractivity contribution is 5.99. The molecule has 2 saturated carbocycles. The third kappa shape index (κ3) is 6.58. The summed E-state index contributed by atoms with van der Waals surface area (Å²) in [7, 11) is 0. The van der Waals surface area contributed by atoms with Gasteiger partial charge in [-0.3, -0.25) is 0 Å². The second-order valence-electron chi connectivity index (χ2n) is 16.9. The normalized spacial score (nSPS) is 20.3. The molecule has 0 saturated heterocycles. The first-order valence-corrected chi connectivity index (χ1v) is 20.4. The molecule has 2 aliphatic rings. The lowest BCUT2D eigenvalue weighted by molar-refractivity contribution is 0.0780. The average Bonchev–Trinajstić information content (AvgIpc) is 3.25. The number of benzene rings is 7. The average molecular weight is 737 g/mol. The van der Waals surface area contributed by atoms with Gasteiger partial charge in [0, 0.05) is 16.7 Å². The molecule has 2 fully saturated rings. The molecule has 276 valence electrons. The van der Waals surface area contributed by atoms with Crippen LogP contribution in [0.1, 0.15) is 57.1 Å². The van der Waals surface area contributed by atoms with Crippen molar-refractivity contribution in [2.45, 2.75) is 51.4 Å². The quantitative estimate of drug-likeness (QED) is 0.170. The fourth-order valence-electron chi connectivity index (χ4n) is 10.5. The molecule has 0 aliphatic heterocycles. The van der Waals surface area contributed by atoms with Gasteiger partial charge in [-0.25, -0.2) is 15.0 Å². The summed E-state index contributed by atoms with van der Waals surface area (Å²) in [5.74, 6) is 4.29. The van der Waals surface area contributed by atoms with Gasteiger partial charge in [0.25, 0.3) is 0 Å². The maximum atomic E-state index is 9.53. The Labute approximate surface area is 334 Å². The summed E-state index contributed by atoms with van der Waals surface area (Å²) in [6.45, 7) is 4.91. The molecule has 0 spiro atoms. The summed E-state index contributed by atoms with van der Waals surface area (Å²) in [5, 5.41) is 14.0. The van der Waals surface area contributed by atoms with Crippen LogP contribution in [-0.4, -0.2) is 15.0 Å². The highest BCUT2D eigenvalue weighted by atomic mass is 15.0. The number of rotatable bonds is 6. The maximum absolute atomic E-state index is 9.53. The fourth-order valence-corrected chi connectivity index (χ4v) is 10.5. The summed E-state index contributed by atoms with van der Waals surface area (Å²) in [5.41, 5.74) is 9.76. The summed E-state index contributed by atoms with van der Waals surface area (Å²) >= 11 is 0. The summed E-state index contributed by atoms with van der Waals surface area (Å²) < 4.78 is 0. The van der Waals surface area contributed by atoms with Gasteiger partial charge in [-0.15, -0.1) is 0 Å². The van der Waals surface area contributed by atoms with Crippen LogP contribution in [0, 0.1) is 29.1 Å². The number of fused-ring (bicyclic) bond motifs is 4. The molecule has 2 bridgehead atoms. The van der Waals surface area contributed by atoms with Crippen molar-refractivity contribution in [1.29, 1.82) is 5.26 Å². The lowest BCUT2D eigenvalue weighted by Gasteiger charge is -2.50. The zero-order valence-corrected chi connectivity index (χ0v) is 32.5. The highest BCUT2D eigenvalue weighted by Gasteiger charge is 2.45. The maximum Gasteiger partial charge on any atom is 0.164 e. The molecular weight excluding hydrogens is 693 g/mol. The van der Waals surface area contributed by atoms with Gasteiger partial charge in [-0.2, -0.15) is 5.26 Å². The van der Waals surface area contributed by atoms with Gasteiger partial charge in [0.1, 0.15) is 0 Å². The predicted molar refractivity (Wildman–Crippen MR) is 233 cm³/mol. The molecule has 2 unspecified atom stereocenters. The van der Waals surface area contributed by atoms with Gasteiger partial charge in [0.2, 0.25) is 0 Å². The molecule has 2 aliphatic carbocycles. The van der Waals surface area contributed by atoms with E-state index in [4.69, 9.17) is 15.0 Å². The molecule has 0 radical (unpaired) electrons. The van der Waals surface area contributed by atoms with Crippen molar-refractivity contribution in [3.63, 3.8) is 0 Å². The van der Waals surface area contributed by atoms with E-state index in [2.05, 4.69) is 153 Å². The molecule has 10 rings (SSSR count). The summed E-state index contributed by atoms with van der Waals surface area (Å²) in [6.07, 6.45) is 6.58. The zero-order valence-electron chi connectivity index (χ0n) is 32.5. The molecule has 4 nitrogen and oxygen atoms in total. The van der Waals surface area contributed by atoms with Gasteiger partial charge < -0.3 is 0 Å². The topological polar surface area (TPSA) is 62.5 Å². The first-order valence-electron chi connectivity index (χ1n) is 20.4. The van der Waals surface area contributed by atoms with E-state index in [-0.39, 0.29) is 5.41 Å². The SMILES string of the molecule is C[C@@H]1CC2C[C@H](C)CC(c3ccc(-c4nc(-c5cccc(-c6cccc7cc(C#N)ccc67)c5)nc(-c5ccc6cccc(-c7ccccc7)c6c5)n4)cc3)(C2)C1. The standard InChI is InChI=1S/C53H44N4/c1-34-25-37-26-35(2)31-53(30-34,32-37)45-22-20-40(21-23-45)50-55-51(43-14-6-12-42(28-43)47-16-8-13-41-27-36(33-54)17-24-48(41)47)57-52(56-50)44-19-18-39-11-7-15-46(49(39)29-44)38-9-4-3-5-10-38/h3-24,27-29,34-35,37H,25-26,30-32H2,1-2H3/t34-,35+,37?,53?. The van der Waals surface area contributed by atoms with Crippen LogP contribution in [0.3, 0.4) is 0 Å². The van der Waals surface area contributed by atoms with E-state index >= 15 is 0 Å². The minimum absolute atomic E-state index is 0.258. The summed E-state index contributed by atoms with van der Waals surface area (Å²) in [6, 6.07) is 55.7. The molecule has 0 amide bonds. The van der Waals surface area contributed by atoms with Crippen molar-refractivity contribution in [2.75, 3.05) is 0 Å². The van der Waals surface area contributed by atoms with Crippen molar-refractivity contribution in [1.82, 2.24) is 15.0 Å². The van der Waals surface area contributed by atoms with Gasteiger partial charge in [0.05, 0.1) is 11.6 Å². The van der Waals surface area contributed by atoms with Crippen LogP contribution in [0.5, 0.6) is 0 Å². The van der Waals surface area contributed by atoms with Crippen LogP contribution in [0.2, 0.25) is 0 Å². The van der Waals surface area contributed by atoms with Crippen LogP contribution in [0.4, 0.5) is 0 Å². The lowest BCUT2D eigenvalue weighted by atomic mass is 9.54. The van der Waals surface area contributed by atoms with Crippen LogP contribution >= 0.6 is 0 Å². The number of nitriles is 1. The Morgan fingerprint density at radius 1 is 0.491 bits per heavy atom. The van der Waals surface area contributed by atoms with Crippen LogP contribution in [0.25, 0.3) is 78.0 Å². The first-order chi connectivity index (χ1) is 27.9. The van der Waals surface area contributed by atoms with Crippen molar-refractivity contribution in [3.05, 3.63) is 163 Å². The van der Waals surface area contributed by atoms with E-state index in [1.54, 1.807) is 0 Å². The molecule has 8 aromatic rings. The van der Waals surface area contributed by atoms with Crippen molar-refractivity contribution >= 4 is 21.5 Å². The molecule has 1 aromatic heterocycles. The summed E-state index contributed by atoms with van der Waals surface area (Å²) in [4.78, 5) is 15.7. The monoisotopic (exact) mass is 736 g/mol. The number of nitrogens with zero attached hydrogens (tertiary/aromatic N) is 4. The van der Waals surface area contributed by atoms with Crippen molar-refractivity contribution in [2.24, 2.45) is 17.8 Å². The number of hydrogen-bond donors (Lipinski definition) is 0. The Bertz CT molecular complexity index is 2810. The third-order valence-electron chi connectivity index (χ3n) is 12.7. The van der Waals surface area contributed by atoms with Crippen LogP contribution < -0.4 is 0 Å². The minimum Gasteiger partial charge on any atom is -0.208 e. The number of hydrogen-bond acceptors (Lipinski definition) is 4. The Hall–Kier alpha value is -6.44. The molecule has 0 N–H and O–H groups in total. The first kappa shape index (κ1) is 35.0. The predicted octanol–water partition coefficient (Wildman–Crippen LogP) is 13.5. The van der Waals surface area contributed by atoms with Gasteiger partial charge >= 0.3 is 0 Å². The van der Waals surface area contributed by atoms with Crippen LogP contribution in [-0.2, 0) is 5.41 Å². The Kier molecular flexibility index (Phi) is 8.75. The zero-order chi connectivity index (χ0) is 38.5. The largest absolute Gasteiger partial charge is 0.208 e. The Morgan fingerprint density at radius 3 is 1.81 bits per heavy atom. The van der Waals surface area contributed by atoms with Crippen molar-refractivity contribution in [3.8, 4) is 62.5 Å². The molecule has 7 aromatic carbocycles. The molecular formula is C53H44N4. The second-order valence-corrected chi connectivity index (χ2v) is 16.9. The smallest absolute Gasteiger partial charge is 0.164 e. The third-order valence-corrected chi connectivity index (χ3v) is 12.7. The molecule has 4 atom stereocenters. The van der Waals surface area contributed by atoms with E-state index in [1.165, 1.54) is 54.2 Å². The van der Waals surface area contributed by atoms with Crippen LogP contribution in [0.15, 0.2) is 152 Å². The van der Waals surface area contributed by atoms with Crippen molar-refractivity contribution < 1.29 is 0 Å². The van der Waals surface area contributed by atoms with E-state index in [1.807, 2.05) is 18.2 Å². The minimum atomic E-state index is 0.258. The Morgan fingerprint density at radius 2 is 1.09 bits per heavy atom. The van der Waals surface area contributed by atoms with Gasteiger partial charge in [-0.1, -0.05) is 141 Å². The molecule has 57 heavy (non-hydrogen) atoms. The number of aromatic nitrogens is 3. The fraction of sp³-hybridized carbons (Fsp3) is 0.208. The second kappa shape index (κ2) is 14.3. The lowest BCUT2D eigenvalue weighted by Crippen LogP contribution is -2.42. The van der Waals surface area contributed by atoms with E-state index < -0.39 is 0 Å². The van der Waals surface area contributed by atoms with E-state index in [0.29, 0.717) is 23.0 Å². The highest BCUT2D eigenvalue weighted by Crippen LogP contribution is 2.54.